The lowest BCUT2D eigenvalue weighted by atomic mass is 10.6. The molecule has 0 radical (unpaired) electrons. The predicted octanol–water partition coefficient (Wildman–Crippen LogP) is 0.405. The third-order valence-electron chi connectivity index (χ3n) is 0.807. The highest BCUT2D eigenvalue weighted by Gasteiger charge is 2.01. The van der Waals surface area contributed by atoms with Crippen LogP contribution in [-0.2, 0) is 21.6 Å². The van der Waals surface area contributed by atoms with E-state index >= 15 is 0 Å². The second-order valence-electron chi connectivity index (χ2n) is 1.43. The van der Waals surface area contributed by atoms with Gasteiger partial charge < -0.3 is 0 Å². The molecule has 0 aliphatic heterocycles. The van der Waals surface area contributed by atoms with E-state index in [0.717, 1.165) is 0 Å². The highest BCUT2D eigenvalue weighted by Crippen LogP contribution is 1.85. The summed E-state index contributed by atoms with van der Waals surface area (Å²) in [6.45, 7) is 0. The normalized spacial score (nSPS) is 8.89. The summed E-state index contributed by atoms with van der Waals surface area (Å²) in [7, 11) is 0. The van der Waals surface area contributed by atoms with Gasteiger partial charge in [-0.25, -0.2) is 9.97 Å². The maximum atomic E-state index is 9.94. The Labute approximate surface area is 56.6 Å². The first kappa shape index (κ1) is 6.22. The Bertz CT molecular complexity index is 189. The molecule has 46 valence electrons. The Hall–Kier alpha value is -0.900. The molecule has 0 unspecified atom stereocenters. The molecule has 4 heteroatoms. The van der Waals surface area contributed by atoms with Crippen molar-refractivity contribution in [1.82, 2.24) is 9.97 Å². The summed E-state index contributed by atoms with van der Waals surface area (Å²) in [5.74, 6) is 0.943. The average Bonchev–Trinajstić information content (AvgIpc) is 1.91. The molecule has 0 bridgehead atoms. The molecule has 0 N–H and O–H groups in total. The lowest BCUT2D eigenvalue weighted by Crippen LogP contribution is -1.89. The third kappa shape index (κ3) is 1.81. The quantitative estimate of drug-likeness (QED) is 0.560. The van der Waals surface area contributed by atoms with Gasteiger partial charge in [0, 0.05) is 16.6 Å². The van der Waals surface area contributed by atoms with Crippen molar-refractivity contribution in [2.45, 2.75) is 5.75 Å². The molecule has 0 aliphatic carbocycles. The van der Waals surface area contributed by atoms with Gasteiger partial charge in [0.2, 0.25) is 0 Å². The number of nitrogens with zero attached hydrogens (tertiary/aromatic N) is 2. The minimum absolute atomic E-state index is 0.348. The lowest BCUT2D eigenvalue weighted by Gasteiger charge is -1.81. The van der Waals surface area contributed by atoms with E-state index in [2.05, 4.69) is 9.97 Å². The molecule has 9 heavy (non-hydrogen) atoms. The Kier molecular flexibility index (Phi) is 2.21. The molecule has 0 saturated heterocycles. The predicted molar refractivity (Wildman–Crippen MR) is 33.8 cm³/mol. The van der Waals surface area contributed by atoms with Crippen molar-refractivity contribution >= 4 is 11.7 Å². The summed E-state index contributed by atoms with van der Waals surface area (Å²) in [6.07, 6.45) is 3.25. The van der Waals surface area contributed by atoms with Crippen molar-refractivity contribution in [1.29, 1.82) is 0 Å². The lowest BCUT2D eigenvalue weighted by molar-refractivity contribution is 0.604. The largest absolute Gasteiger partial charge is 0.467 e. The topological polar surface area (TPSA) is 42.9 Å². The third-order valence-corrected chi connectivity index (χ3v) is 1.18. The van der Waals surface area contributed by atoms with E-state index in [1.807, 2.05) is 0 Å². The molecule has 0 saturated carbocycles. The van der Waals surface area contributed by atoms with Crippen LogP contribution in [0.2, 0.25) is 0 Å². The molecule has 0 fully saturated rings. The SMILES string of the molecule is O=[S+]Cc1ncccn1. The Balaban J connectivity index is 2.72. The molecular formula is C5H5N2OS+. The van der Waals surface area contributed by atoms with Gasteiger partial charge in [0.15, 0.2) is 5.82 Å². The molecule has 0 aliphatic rings. The summed E-state index contributed by atoms with van der Waals surface area (Å²) < 4.78 is 9.94. The molecule has 3 nitrogen and oxygen atoms in total. The zero-order valence-corrected chi connectivity index (χ0v) is 5.47. The fourth-order valence-corrected chi connectivity index (χ4v) is 0.712. The fourth-order valence-electron chi connectivity index (χ4n) is 0.457. The van der Waals surface area contributed by atoms with Gasteiger partial charge in [-0.15, -0.1) is 0 Å². The maximum Gasteiger partial charge on any atom is 0.467 e. The van der Waals surface area contributed by atoms with Crippen molar-refractivity contribution in [3.63, 3.8) is 0 Å². The molecule has 1 aromatic heterocycles. The van der Waals surface area contributed by atoms with Gasteiger partial charge in [-0.2, -0.15) is 0 Å². The van der Waals surface area contributed by atoms with Gasteiger partial charge in [-0.3, -0.25) is 0 Å². The van der Waals surface area contributed by atoms with Gasteiger partial charge >= 0.3 is 11.7 Å². The molecule has 0 atom stereocenters. The van der Waals surface area contributed by atoms with Crippen LogP contribution in [0.1, 0.15) is 5.82 Å². The Morgan fingerprint density at radius 1 is 1.44 bits per heavy atom. The van der Waals surface area contributed by atoms with E-state index in [0.29, 0.717) is 23.2 Å². The van der Waals surface area contributed by atoms with Crippen LogP contribution in [-0.4, -0.2) is 9.97 Å². The highest BCUT2D eigenvalue weighted by molar-refractivity contribution is 7.64. The summed E-state index contributed by atoms with van der Waals surface area (Å²) in [5.41, 5.74) is 0. The second kappa shape index (κ2) is 3.19. The second-order valence-corrected chi connectivity index (χ2v) is 1.95. The number of hydrogen-bond donors (Lipinski definition) is 0. The van der Waals surface area contributed by atoms with Crippen LogP contribution in [0.5, 0.6) is 0 Å². The van der Waals surface area contributed by atoms with Crippen LogP contribution in [0.3, 0.4) is 0 Å². The van der Waals surface area contributed by atoms with E-state index in [9.17, 15) is 4.21 Å². The van der Waals surface area contributed by atoms with Crippen molar-refractivity contribution in [3.8, 4) is 0 Å². The van der Waals surface area contributed by atoms with E-state index in [4.69, 9.17) is 0 Å². The minimum atomic E-state index is 0.348. The van der Waals surface area contributed by atoms with Crippen molar-refractivity contribution in [3.05, 3.63) is 24.3 Å². The first-order chi connectivity index (χ1) is 4.43. The molecule has 1 aromatic rings. The average molecular weight is 141 g/mol. The van der Waals surface area contributed by atoms with Crippen LogP contribution in [0.15, 0.2) is 18.5 Å². The summed E-state index contributed by atoms with van der Waals surface area (Å²) in [6, 6.07) is 1.72. The molecule has 0 aromatic carbocycles. The van der Waals surface area contributed by atoms with E-state index in [-0.39, 0.29) is 0 Å². The number of hydrogen-bond acceptors (Lipinski definition) is 3. The molecular weight excluding hydrogens is 136 g/mol. The van der Waals surface area contributed by atoms with Gasteiger partial charge in [0.1, 0.15) is 0 Å². The zero-order chi connectivity index (χ0) is 6.53. The molecule has 1 rings (SSSR count). The van der Waals surface area contributed by atoms with Gasteiger partial charge in [-0.05, 0) is 6.07 Å². The standard InChI is InChI=1S/C5H5N2OS/c8-9-4-5-6-2-1-3-7-5/h1-3H,4H2/q+1. The van der Waals surface area contributed by atoms with Gasteiger partial charge in [-0.1, -0.05) is 0 Å². The maximum absolute atomic E-state index is 9.94. The Morgan fingerprint density at radius 2 is 2.11 bits per heavy atom. The van der Waals surface area contributed by atoms with Crippen LogP contribution >= 0.6 is 0 Å². The smallest absolute Gasteiger partial charge is 0.236 e. The number of aromatic nitrogens is 2. The van der Waals surface area contributed by atoms with Crippen molar-refractivity contribution in [2.75, 3.05) is 0 Å². The van der Waals surface area contributed by atoms with Crippen LogP contribution in [0.25, 0.3) is 0 Å². The monoisotopic (exact) mass is 141 g/mol. The van der Waals surface area contributed by atoms with Crippen LogP contribution in [0, 0.1) is 0 Å². The fraction of sp³-hybridized carbons (Fsp3) is 0.200. The van der Waals surface area contributed by atoms with E-state index in [1.165, 1.54) is 0 Å². The first-order valence-corrected chi connectivity index (χ1v) is 3.35. The first-order valence-electron chi connectivity index (χ1n) is 2.44. The van der Waals surface area contributed by atoms with Gasteiger partial charge in [0.05, 0.1) is 0 Å². The minimum Gasteiger partial charge on any atom is -0.236 e. The van der Waals surface area contributed by atoms with E-state index in [1.54, 1.807) is 18.5 Å². The van der Waals surface area contributed by atoms with E-state index < -0.39 is 0 Å². The summed E-state index contributed by atoms with van der Waals surface area (Å²) >= 11 is 0.480. The van der Waals surface area contributed by atoms with Crippen LogP contribution in [0.4, 0.5) is 0 Å². The van der Waals surface area contributed by atoms with Crippen LogP contribution < -0.4 is 0 Å². The molecule has 0 amide bonds. The Morgan fingerprint density at radius 3 is 2.67 bits per heavy atom. The summed E-state index contributed by atoms with van der Waals surface area (Å²) in [4.78, 5) is 7.67. The highest BCUT2D eigenvalue weighted by atomic mass is 32.1. The van der Waals surface area contributed by atoms with Crippen molar-refractivity contribution in [2.24, 2.45) is 0 Å². The molecule has 1 heterocycles. The summed E-state index contributed by atoms with van der Waals surface area (Å²) in [5, 5.41) is 0. The molecule has 0 spiro atoms. The zero-order valence-electron chi connectivity index (χ0n) is 4.65. The van der Waals surface area contributed by atoms with Crippen molar-refractivity contribution < 1.29 is 4.21 Å². The number of rotatable bonds is 2. The van der Waals surface area contributed by atoms with Gasteiger partial charge in [0.25, 0.3) is 5.75 Å².